The Morgan fingerprint density at radius 2 is 1.89 bits per heavy atom. The molecule has 138 valence electrons. The van der Waals surface area contributed by atoms with Crippen LogP contribution < -0.4 is 5.43 Å². The highest BCUT2D eigenvalue weighted by Crippen LogP contribution is 2.24. The van der Waals surface area contributed by atoms with Crippen LogP contribution in [0.15, 0.2) is 64.1 Å². The molecule has 27 heavy (non-hydrogen) atoms. The molecule has 0 bridgehead atoms. The molecule has 0 aliphatic carbocycles. The van der Waals surface area contributed by atoms with Crippen molar-refractivity contribution in [3.63, 3.8) is 0 Å². The lowest BCUT2D eigenvalue weighted by Gasteiger charge is -2.01. The summed E-state index contributed by atoms with van der Waals surface area (Å²) in [6, 6.07) is 16.9. The molecule has 1 heterocycles. The highest BCUT2D eigenvalue weighted by molar-refractivity contribution is 7.99. The molecule has 2 aromatic carbocycles. The van der Waals surface area contributed by atoms with Crippen LogP contribution >= 0.6 is 35.0 Å². The molecule has 0 saturated heterocycles. The van der Waals surface area contributed by atoms with Gasteiger partial charge in [0.05, 0.1) is 12.0 Å². The van der Waals surface area contributed by atoms with Crippen LogP contribution in [-0.2, 0) is 10.5 Å². The number of thioether (sulfide) groups is 1. The van der Waals surface area contributed by atoms with Gasteiger partial charge in [0.1, 0.15) is 5.69 Å². The molecule has 5 nitrogen and oxygen atoms in total. The molecule has 8 heteroatoms. The number of nitrogens with zero attached hydrogens (tertiary/aromatic N) is 2. The van der Waals surface area contributed by atoms with E-state index in [0.717, 1.165) is 11.1 Å². The minimum absolute atomic E-state index is 0.115. The topological polar surface area (TPSA) is 67.5 Å². The lowest BCUT2D eigenvalue weighted by Crippen LogP contribution is -2.19. The van der Waals surface area contributed by atoms with E-state index in [4.69, 9.17) is 27.6 Å². The van der Waals surface area contributed by atoms with Gasteiger partial charge in [-0.1, -0.05) is 41.9 Å². The number of hydrogen-bond donors (Lipinski definition) is 1. The van der Waals surface area contributed by atoms with Gasteiger partial charge in [0.2, 0.25) is 17.0 Å². The summed E-state index contributed by atoms with van der Waals surface area (Å²) in [6.45, 7) is 0. The monoisotopic (exact) mass is 419 g/mol. The third kappa shape index (κ3) is 5.85. The second-order valence-corrected chi connectivity index (χ2v) is 7.22. The van der Waals surface area contributed by atoms with E-state index in [-0.39, 0.29) is 16.9 Å². The molecule has 1 amide bonds. The van der Waals surface area contributed by atoms with Crippen molar-refractivity contribution in [2.75, 3.05) is 5.75 Å². The normalized spacial score (nSPS) is 11.0. The van der Waals surface area contributed by atoms with Gasteiger partial charge in [-0.3, -0.25) is 4.79 Å². The standard InChI is InChI=1S/C19H15Cl2N3O2S/c20-15-8-6-13(7-9-15)11-27-12-17(25)24-22-10-16-18(21)26-19(23-16)14-4-2-1-3-5-14/h1-10H,11-12H2,(H,24,25)/b22-10-. The van der Waals surface area contributed by atoms with E-state index < -0.39 is 0 Å². The number of amides is 1. The van der Waals surface area contributed by atoms with Crippen molar-refractivity contribution < 1.29 is 9.21 Å². The Hall–Kier alpha value is -2.28. The van der Waals surface area contributed by atoms with Gasteiger partial charge in [0.25, 0.3) is 0 Å². The Bertz CT molecular complexity index is 928. The summed E-state index contributed by atoms with van der Waals surface area (Å²) in [5, 5.41) is 4.69. The van der Waals surface area contributed by atoms with Gasteiger partial charge >= 0.3 is 0 Å². The Morgan fingerprint density at radius 1 is 1.15 bits per heavy atom. The fraction of sp³-hybridized carbons (Fsp3) is 0.105. The van der Waals surface area contributed by atoms with E-state index in [1.54, 1.807) is 0 Å². The van der Waals surface area contributed by atoms with Crippen molar-refractivity contribution in [3.8, 4) is 11.5 Å². The van der Waals surface area contributed by atoms with Crippen LogP contribution in [0.25, 0.3) is 11.5 Å². The molecule has 3 aromatic rings. The van der Waals surface area contributed by atoms with Crippen LogP contribution in [-0.4, -0.2) is 22.9 Å². The molecule has 1 aromatic heterocycles. The van der Waals surface area contributed by atoms with Crippen molar-refractivity contribution in [2.24, 2.45) is 5.10 Å². The van der Waals surface area contributed by atoms with Gasteiger partial charge in [0.15, 0.2) is 0 Å². The molecule has 0 aliphatic heterocycles. The summed E-state index contributed by atoms with van der Waals surface area (Å²) in [6.07, 6.45) is 1.36. The zero-order valence-corrected chi connectivity index (χ0v) is 16.4. The predicted molar refractivity (Wildman–Crippen MR) is 110 cm³/mol. The average Bonchev–Trinajstić information content (AvgIpc) is 3.05. The summed E-state index contributed by atoms with van der Waals surface area (Å²) in [4.78, 5) is 16.1. The van der Waals surface area contributed by atoms with Gasteiger partial charge in [-0.2, -0.15) is 5.10 Å². The second-order valence-electron chi connectivity index (χ2n) is 5.46. The Kier molecular flexibility index (Phi) is 6.92. The second kappa shape index (κ2) is 9.60. The van der Waals surface area contributed by atoms with Crippen LogP contribution in [0.5, 0.6) is 0 Å². The lowest BCUT2D eigenvalue weighted by molar-refractivity contribution is -0.118. The summed E-state index contributed by atoms with van der Waals surface area (Å²) < 4.78 is 5.42. The number of nitrogens with one attached hydrogen (secondary N) is 1. The van der Waals surface area contributed by atoms with Crippen LogP contribution in [0.3, 0.4) is 0 Å². The van der Waals surface area contributed by atoms with Crippen LogP contribution in [0.4, 0.5) is 0 Å². The maximum absolute atomic E-state index is 11.8. The number of carbonyl (C=O) groups is 1. The number of benzene rings is 2. The Labute approximate surface area is 170 Å². The minimum Gasteiger partial charge on any atom is -0.424 e. The number of rotatable bonds is 7. The maximum atomic E-state index is 11.8. The first-order chi connectivity index (χ1) is 13.1. The highest BCUT2D eigenvalue weighted by atomic mass is 35.5. The summed E-state index contributed by atoms with van der Waals surface area (Å²) in [5.74, 6) is 1.17. The van der Waals surface area contributed by atoms with Crippen LogP contribution in [0.2, 0.25) is 10.2 Å². The number of carbonyl (C=O) groups excluding carboxylic acids is 1. The van der Waals surface area contributed by atoms with Crippen LogP contribution in [0, 0.1) is 0 Å². The summed E-state index contributed by atoms with van der Waals surface area (Å²) in [5.41, 5.74) is 4.71. The molecule has 0 spiro atoms. The molecule has 1 N–H and O–H groups in total. The van der Waals surface area contributed by atoms with Gasteiger partial charge in [0, 0.05) is 16.3 Å². The van der Waals surface area contributed by atoms with E-state index >= 15 is 0 Å². The predicted octanol–water partition coefficient (Wildman–Crippen LogP) is 5.03. The van der Waals surface area contributed by atoms with Crippen molar-refractivity contribution in [2.45, 2.75) is 5.75 Å². The first kappa shape index (κ1) is 19.5. The van der Waals surface area contributed by atoms with Gasteiger partial charge in [-0.25, -0.2) is 10.4 Å². The smallest absolute Gasteiger partial charge is 0.250 e. The Balaban J connectivity index is 1.48. The molecule has 0 unspecified atom stereocenters. The van der Waals surface area contributed by atoms with Crippen molar-refractivity contribution in [1.29, 1.82) is 0 Å². The lowest BCUT2D eigenvalue weighted by atomic mass is 10.2. The number of oxazole rings is 1. The molecule has 0 radical (unpaired) electrons. The van der Waals surface area contributed by atoms with Crippen molar-refractivity contribution in [3.05, 3.63) is 76.1 Å². The SMILES string of the molecule is O=C(CSCc1ccc(Cl)cc1)N/N=C\c1nc(-c2ccccc2)oc1Cl. The van der Waals surface area contributed by atoms with Gasteiger partial charge in [-0.15, -0.1) is 11.8 Å². The first-order valence-corrected chi connectivity index (χ1v) is 9.89. The van der Waals surface area contributed by atoms with E-state index in [1.807, 2.05) is 54.6 Å². The summed E-state index contributed by atoms with van der Waals surface area (Å²) >= 11 is 13.4. The largest absolute Gasteiger partial charge is 0.424 e. The van der Waals surface area contributed by atoms with E-state index in [9.17, 15) is 4.79 Å². The van der Waals surface area contributed by atoms with E-state index in [0.29, 0.717) is 22.4 Å². The fourth-order valence-electron chi connectivity index (χ4n) is 2.14. The summed E-state index contributed by atoms with van der Waals surface area (Å²) in [7, 11) is 0. The van der Waals surface area contributed by atoms with Gasteiger partial charge < -0.3 is 4.42 Å². The zero-order valence-electron chi connectivity index (χ0n) is 14.1. The quantitative estimate of drug-likeness (QED) is 0.430. The molecule has 0 fully saturated rings. The number of halogens is 2. The fourth-order valence-corrected chi connectivity index (χ4v) is 3.21. The Morgan fingerprint density at radius 3 is 2.63 bits per heavy atom. The zero-order chi connectivity index (χ0) is 19.1. The van der Waals surface area contributed by atoms with Gasteiger partial charge in [-0.05, 0) is 41.4 Å². The third-order valence-electron chi connectivity index (χ3n) is 3.42. The average molecular weight is 420 g/mol. The number of aromatic nitrogens is 1. The third-order valence-corrected chi connectivity index (χ3v) is 4.95. The molecule has 3 rings (SSSR count). The van der Waals surface area contributed by atoms with Crippen LogP contribution in [0.1, 0.15) is 11.3 Å². The molecule has 0 aliphatic rings. The van der Waals surface area contributed by atoms with Crippen molar-refractivity contribution in [1.82, 2.24) is 10.4 Å². The molecule has 0 saturated carbocycles. The van der Waals surface area contributed by atoms with Crippen molar-refractivity contribution >= 4 is 47.1 Å². The van der Waals surface area contributed by atoms with E-state index in [1.165, 1.54) is 18.0 Å². The van der Waals surface area contributed by atoms with E-state index in [2.05, 4.69) is 15.5 Å². The first-order valence-electron chi connectivity index (χ1n) is 7.97. The molecular formula is C19H15Cl2N3O2S. The molecule has 0 atom stereocenters. The number of hydrogen-bond acceptors (Lipinski definition) is 5. The highest BCUT2D eigenvalue weighted by Gasteiger charge is 2.11. The molecular weight excluding hydrogens is 405 g/mol. The maximum Gasteiger partial charge on any atom is 0.250 e. The minimum atomic E-state index is -0.215. The number of hydrazone groups is 1.